The van der Waals surface area contributed by atoms with Crippen molar-refractivity contribution < 1.29 is 28.8 Å². The van der Waals surface area contributed by atoms with Crippen LogP contribution < -0.4 is 18.9 Å². The van der Waals surface area contributed by atoms with Gasteiger partial charge in [0.15, 0.2) is 17.3 Å². The fourth-order valence-electron chi connectivity index (χ4n) is 2.82. The first kappa shape index (κ1) is 21.9. The van der Waals surface area contributed by atoms with E-state index in [2.05, 4.69) is 0 Å². The number of thioether (sulfide) groups is 1. The highest BCUT2D eigenvalue weighted by atomic mass is 32.2. The summed E-state index contributed by atoms with van der Waals surface area (Å²) in [5.41, 5.74) is 1.48. The Morgan fingerprint density at radius 3 is 2.04 bits per heavy atom. The van der Waals surface area contributed by atoms with Gasteiger partial charge in [-0.3, -0.25) is 4.79 Å². The topological polar surface area (TPSA) is 74.2 Å². The average Bonchev–Trinajstić information content (AvgIpc) is 2.75. The molecule has 0 saturated heterocycles. The summed E-state index contributed by atoms with van der Waals surface area (Å²) in [6, 6.07) is 10.7. The summed E-state index contributed by atoms with van der Waals surface area (Å²) in [6.45, 7) is 0.0301. The number of aliphatic hydroxyl groups is 1. The summed E-state index contributed by atoms with van der Waals surface area (Å²) in [5.74, 6) is 2.78. The van der Waals surface area contributed by atoms with E-state index in [1.165, 1.54) is 11.8 Å². The van der Waals surface area contributed by atoms with Gasteiger partial charge in [0.1, 0.15) is 5.75 Å². The predicted octanol–water partition coefficient (Wildman–Crippen LogP) is 3.76. The van der Waals surface area contributed by atoms with Gasteiger partial charge in [0.2, 0.25) is 5.75 Å². The molecule has 2 rings (SSSR count). The zero-order valence-electron chi connectivity index (χ0n) is 16.6. The van der Waals surface area contributed by atoms with Crippen molar-refractivity contribution >= 4 is 17.5 Å². The third kappa shape index (κ3) is 5.33. The molecular weight excluding hydrogens is 380 g/mol. The van der Waals surface area contributed by atoms with Gasteiger partial charge in [0.05, 0.1) is 35.0 Å². The number of Topliss-reactive ketones (excluding diaryl/α,β-unsaturated/α-hetero) is 1. The number of carbonyl (C=O) groups excluding carboxylic acids is 1. The van der Waals surface area contributed by atoms with E-state index in [9.17, 15) is 9.90 Å². The minimum absolute atomic E-state index is 0.00634. The van der Waals surface area contributed by atoms with Crippen molar-refractivity contribution in [3.8, 4) is 23.0 Å². The summed E-state index contributed by atoms with van der Waals surface area (Å²) >= 11 is 1.51. The van der Waals surface area contributed by atoms with Gasteiger partial charge in [0, 0.05) is 23.0 Å². The maximum atomic E-state index is 12.8. The Hall–Kier alpha value is -2.38. The Morgan fingerprint density at radius 2 is 1.57 bits per heavy atom. The highest BCUT2D eigenvalue weighted by Crippen LogP contribution is 2.43. The largest absolute Gasteiger partial charge is 0.497 e. The number of ether oxygens (including phenoxy) is 4. The summed E-state index contributed by atoms with van der Waals surface area (Å²) in [4.78, 5) is 12.8. The molecule has 0 spiro atoms. The normalized spacial score (nSPS) is 11.6. The monoisotopic (exact) mass is 406 g/mol. The Morgan fingerprint density at radius 1 is 0.964 bits per heavy atom. The SMILES string of the molecule is COc1ccc(C(=O)C[C@@H](SCCO)c2cc(OC)c(OC)c(OC)c2)cc1. The number of rotatable bonds is 11. The van der Waals surface area contributed by atoms with Crippen LogP contribution >= 0.6 is 11.8 Å². The number of hydrogen-bond acceptors (Lipinski definition) is 7. The van der Waals surface area contributed by atoms with Crippen molar-refractivity contribution in [2.45, 2.75) is 11.7 Å². The number of methoxy groups -OCH3 is 4. The van der Waals surface area contributed by atoms with Gasteiger partial charge < -0.3 is 24.1 Å². The molecule has 0 unspecified atom stereocenters. The predicted molar refractivity (Wildman–Crippen MR) is 110 cm³/mol. The fourth-order valence-corrected chi connectivity index (χ4v) is 3.81. The van der Waals surface area contributed by atoms with Gasteiger partial charge in [-0.2, -0.15) is 11.8 Å². The van der Waals surface area contributed by atoms with E-state index in [0.717, 1.165) is 5.56 Å². The molecule has 0 aliphatic carbocycles. The average molecular weight is 407 g/mol. The van der Waals surface area contributed by atoms with Gasteiger partial charge in [0.25, 0.3) is 0 Å². The van der Waals surface area contributed by atoms with Crippen molar-refractivity contribution in [2.75, 3.05) is 40.8 Å². The van der Waals surface area contributed by atoms with Crippen molar-refractivity contribution in [3.05, 3.63) is 47.5 Å². The fraction of sp³-hybridized carbons (Fsp3) is 0.381. The van der Waals surface area contributed by atoms with E-state index in [-0.39, 0.29) is 24.1 Å². The maximum absolute atomic E-state index is 12.8. The van der Waals surface area contributed by atoms with Crippen LogP contribution in [0.2, 0.25) is 0 Å². The number of carbonyl (C=O) groups is 1. The van der Waals surface area contributed by atoms with Gasteiger partial charge in [-0.1, -0.05) is 0 Å². The molecule has 0 aromatic heterocycles. The summed E-state index contributed by atoms with van der Waals surface area (Å²) in [6.07, 6.45) is 0.273. The van der Waals surface area contributed by atoms with Crippen molar-refractivity contribution in [1.29, 1.82) is 0 Å². The first-order chi connectivity index (χ1) is 13.6. The minimum atomic E-state index is -0.171. The molecule has 0 aliphatic heterocycles. The van der Waals surface area contributed by atoms with E-state index in [1.807, 2.05) is 12.1 Å². The van der Waals surface area contributed by atoms with Crippen molar-refractivity contribution in [3.63, 3.8) is 0 Å². The van der Waals surface area contributed by atoms with Crippen LogP contribution in [0.4, 0.5) is 0 Å². The van der Waals surface area contributed by atoms with E-state index in [0.29, 0.717) is 34.3 Å². The third-order valence-corrected chi connectivity index (χ3v) is 5.51. The third-order valence-electron chi connectivity index (χ3n) is 4.25. The number of benzene rings is 2. The number of aliphatic hydroxyl groups excluding tert-OH is 1. The van der Waals surface area contributed by atoms with Crippen LogP contribution in [-0.2, 0) is 0 Å². The van der Waals surface area contributed by atoms with Crippen molar-refractivity contribution in [2.24, 2.45) is 0 Å². The van der Waals surface area contributed by atoms with Crippen LogP contribution in [0, 0.1) is 0 Å². The van der Waals surface area contributed by atoms with Gasteiger partial charge in [-0.25, -0.2) is 0 Å². The molecule has 0 heterocycles. The smallest absolute Gasteiger partial charge is 0.203 e. The molecule has 2 aromatic carbocycles. The first-order valence-corrected chi connectivity index (χ1v) is 9.82. The van der Waals surface area contributed by atoms with Gasteiger partial charge >= 0.3 is 0 Å². The second kappa shape index (κ2) is 10.8. The maximum Gasteiger partial charge on any atom is 0.203 e. The standard InChI is InChI=1S/C21H26O6S/c1-24-16-7-5-14(6-8-16)17(23)13-20(28-10-9-22)15-11-18(25-2)21(27-4)19(12-15)26-3/h5-8,11-12,20,22H,9-10,13H2,1-4H3/t20-/m1/s1. The Balaban J connectivity index is 2.33. The van der Waals surface area contributed by atoms with E-state index < -0.39 is 0 Å². The van der Waals surface area contributed by atoms with Crippen LogP contribution in [0.3, 0.4) is 0 Å². The molecule has 152 valence electrons. The molecule has 2 aromatic rings. The quantitative estimate of drug-likeness (QED) is 0.570. The summed E-state index contributed by atoms with van der Waals surface area (Å²) in [7, 11) is 6.24. The molecule has 0 radical (unpaired) electrons. The van der Waals surface area contributed by atoms with Gasteiger partial charge in [-0.05, 0) is 42.0 Å². The lowest BCUT2D eigenvalue weighted by molar-refractivity contribution is 0.0982. The molecule has 0 bridgehead atoms. The summed E-state index contributed by atoms with van der Waals surface area (Å²) in [5, 5.41) is 9.09. The number of ketones is 1. The summed E-state index contributed by atoms with van der Waals surface area (Å²) < 4.78 is 21.4. The second-order valence-electron chi connectivity index (χ2n) is 5.90. The molecule has 7 heteroatoms. The lowest BCUT2D eigenvalue weighted by atomic mass is 10.0. The Labute approximate surface area is 169 Å². The van der Waals surface area contributed by atoms with Gasteiger partial charge in [-0.15, -0.1) is 0 Å². The van der Waals surface area contributed by atoms with E-state index in [1.54, 1.807) is 52.7 Å². The zero-order chi connectivity index (χ0) is 20.5. The first-order valence-electron chi connectivity index (χ1n) is 8.77. The number of hydrogen-bond donors (Lipinski definition) is 1. The van der Waals surface area contributed by atoms with E-state index in [4.69, 9.17) is 18.9 Å². The lowest BCUT2D eigenvalue weighted by Gasteiger charge is -2.20. The molecule has 28 heavy (non-hydrogen) atoms. The highest BCUT2D eigenvalue weighted by molar-refractivity contribution is 7.99. The molecule has 1 atom stereocenters. The Bertz CT molecular complexity index is 750. The molecule has 6 nitrogen and oxygen atoms in total. The lowest BCUT2D eigenvalue weighted by Crippen LogP contribution is -2.08. The Kier molecular flexibility index (Phi) is 8.47. The van der Waals surface area contributed by atoms with Crippen molar-refractivity contribution in [1.82, 2.24) is 0 Å². The molecule has 0 saturated carbocycles. The highest BCUT2D eigenvalue weighted by Gasteiger charge is 2.22. The second-order valence-corrected chi connectivity index (χ2v) is 7.21. The molecule has 1 N–H and O–H groups in total. The molecular formula is C21H26O6S. The molecule has 0 fully saturated rings. The molecule has 0 aliphatic rings. The van der Waals surface area contributed by atoms with E-state index >= 15 is 0 Å². The van der Waals surface area contributed by atoms with Crippen LogP contribution in [0.5, 0.6) is 23.0 Å². The van der Waals surface area contributed by atoms with Crippen LogP contribution in [0.15, 0.2) is 36.4 Å². The minimum Gasteiger partial charge on any atom is -0.497 e. The van der Waals surface area contributed by atoms with Crippen LogP contribution in [0.1, 0.15) is 27.6 Å². The zero-order valence-corrected chi connectivity index (χ0v) is 17.4. The van der Waals surface area contributed by atoms with Crippen LogP contribution in [-0.4, -0.2) is 51.7 Å². The van der Waals surface area contributed by atoms with Crippen LogP contribution in [0.25, 0.3) is 0 Å². The molecule has 0 amide bonds.